The van der Waals surface area contributed by atoms with Gasteiger partial charge in [-0.15, -0.1) is 35.3 Å². The van der Waals surface area contributed by atoms with Crippen LogP contribution < -0.4 is 11.1 Å². The number of nitrogens with two attached hydrogens (primary N) is 1. The van der Waals surface area contributed by atoms with Crippen LogP contribution in [0.2, 0.25) is 0 Å². The van der Waals surface area contributed by atoms with Crippen LogP contribution in [0.3, 0.4) is 0 Å². The molecule has 0 fully saturated rings. The van der Waals surface area contributed by atoms with Crippen molar-refractivity contribution in [2.45, 2.75) is 52.5 Å². The molecule has 0 bridgehead atoms. The molecule has 1 aromatic heterocycles. The zero-order chi connectivity index (χ0) is 17.0. The molecule has 0 spiro atoms. The summed E-state index contributed by atoms with van der Waals surface area (Å²) < 4.78 is 0. The van der Waals surface area contributed by atoms with Gasteiger partial charge in [-0.25, -0.2) is 9.98 Å². The lowest BCUT2D eigenvalue weighted by molar-refractivity contribution is 0.571. The lowest BCUT2D eigenvalue weighted by Crippen LogP contribution is -2.22. The highest BCUT2D eigenvalue weighted by Crippen LogP contribution is 2.24. The maximum Gasteiger partial charge on any atom is 0.193 e. The summed E-state index contributed by atoms with van der Waals surface area (Å²) in [5, 5.41) is 6.23. The van der Waals surface area contributed by atoms with Crippen molar-refractivity contribution in [3.8, 4) is 0 Å². The molecule has 1 aromatic carbocycles. The number of thiazole rings is 1. The van der Waals surface area contributed by atoms with Gasteiger partial charge in [-0.1, -0.05) is 46.8 Å². The molecule has 0 radical (unpaired) electrons. The smallest absolute Gasteiger partial charge is 0.193 e. The Morgan fingerprint density at radius 1 is 1.33 bits per heavy atom. The number of hydrogen-bond donors (Lipinski definition) is 2. The molecular weight excluding hydrogens is 431 g/mol. The Morgan fingerprint density at radius 3 is 2.62 bits per heavy atom. The molecule has 0 saturated heterocycles. The number of nitrogens with one attached hydrogen (secondary N) is 1. The highest BCUT2D eigenvalue weighted by atomic mass is 127. The molecule has 3 N–H and O–H groups in total. The molecular formula is C18H27IN4S. The molecule has 4 nitrogen and oxygen atoms in total. The van der Waals surface area contributed by atoms with Crippen molar-refractivity contribution >= 4 is 47.0 Å². The van der Waals surface area contributed by atoms with Crippen LogP contribution in [-0.4, -0.2) is 10.9 Å². The van der Waals surface area contributed by atoms with Crippen molar-refractivity contribution in [2.24, 2.45) is 10.7 Å². The largest absolute Gasteiger partial charge is 0.370 e. The van der Waals surface area contributed by atoms with E-state index in [0.717, 1.165) is 16.4 Å². The van der Waals surface area contributed by atoms with Crippen molar-refractivity contribution in [1.29, 1.82) is 0 Å². The number of anilines is 1. The normalized spacial score (nSPS) is 12.2. The van der Waals surface area contributed by atoms with Gasteiger partial charge < -0.3 is 11.1 Å². The van der Waals surface area contributed by atoms with Crippen LogP contribution in [0.4, 0.5) is 5.69 Å². The number of hydrogen-bond acceptors (Lipinski definition) is 3. The average molecular weight is 458 g/mol. The fraction of sp³-hybridized carbons (Fsp3) is 0.444. The first-order valence-corrected chi connectivity index (χ1v) is 8.75. The lowest BCUT2D eigenvalue weighted by Gasteiger charge is -2.14. The Hall–Kier alpha value is -1.15. The maximum absolute atomic E-state index is 5.99. The number of nitrogens with zero attached hydrogens (tertiary/aromatic N) is 2. The van der Waals surface area contributed by atoms with Gasteiger partial charge in [0.15, 0.2) is 5.96 Å². The number of aromatic nitrogens is 1. The molecule has 6 heteroatoms. The van der Waals surface area contributed by atoms with Crippen LogP contribution in [0.1, 0.15) is 56.8 Å². The molecule has 0 atom stereocenters. The van der Waals surface area contributed by atoms with Gasteiger partial charge in [0.2, 0.25) is 0 Å². The summed E-state index contributed by atoms with van der Waals surface area (Å²) in [6, 6.07) is 8.25. The molecule has 0 unspecified atom stereocenters. The minimum absolute atomic E-state index is 0. The van der Waals surface area contributed by atoms with Crippen LogP contribution in [0, 0.1) is 0 Å². The molecule has 0 aliphatic heterocycles. The van der Waals surface area contributed by atoms with E-state index in [1.807, 2.05) is 12.1 Å². The lowest BCUT2D eigenvalue weighted by atomic mass is 9.93. The van der Waals surface area contributed by atoms with Gasteiger partial charge in [0.1, 0.15) is 5.01 Å². The van der Waals surface area contributed by atoms with E-state index in [1.165, 1.54) is 5.56 Å². The summed E-state index contributed by atoms with van der Waals surface area (Å²) in [5.41, 5.74) is 9.40. The van der Waals surface area contributed by atoms with Gasteiger partial charge in [-0.05, 0) is 23.6 Å². The molecule has 0 saturated carbocycles. The highest BCUT2D eigenvalue weighted by Gasteiger charge is 2.17. The van der Waals surface area contributed by atoms with Crippen LogP contribution in [-0.2, 0) is 12.0 Å². The van der Waals surface area contributed by atoms with Crippen LogP contribution in [0.25, 0.3) is 0 Å². The quantitative estimate of drug-likeness (QED) is 0.380. The monoisotopic (exact) mass is 458 g/mol. The van der Waals surface area contributed by atoms with Gasteiger partial charge in [-0.3, -0.25) is 0 Å². The van der Waals surface area contributed by atoms with Crippen molar-refractivity contribution < 1.29 is 0 Å². The summed E-state index contributed by atoms with van der Waals surface area (Å²) in [5.74, 6) is 0.902. The zero-order valence-corrected chi connectivity index (χ0v) is 18.1. The highest BCUT2D eigenvalue weighted by molar-refractivity contribution is 14.0. The van der Waals surface area contributed by atoms with E-state index in [9.17, 15) is 0 Å². The predicted octanol–water partition coefficient (Wildman–Crippen LogP) is 5.11. The minimum atomic E-state index is 0. The fourth-order valence-corrected chi connectivity index (χ4v) is 2.99. The van der Waals surface area contributed by atoms with Crippen LogP contribution in [0.5, 0.6) is 0 Å². The molecule has 2 aromatic rings. The summed E-state index contributed by atoms with van der Waals surface area (Å²) >= 11 is 1.63. The van der Waals surface area contributed by atoms with Crippen LogP contribution >= 0.6 is 35.3 Å². The third-order valence-corrected chi connectivity index (χ3v) is 4.36. The van der Waals surface area contributed by atoms with E-state index in [4.69, 9.17) is 5.73 Å². The van der Waals surface area contributed by atoms with Gasteiger partial charge in [-0.2, -0.15) is 0 Å². The second-order valence-corrected chi connectivity index (χ2v) is 7.93. The van der Waals surface area contributed by atoms with E-state index in [0.29, 0.717) is 18.4 Å². The molecule has 0 aliphatic carbocycles. The number of halogens is 1. The third kappa shape index (κ3) is 6.05. The van der Waals surface area contributed by atoms with Crippen molar-refractivity contribution in [2.75, 3.05) is 5.32 Å². The summed E-state index contributed by atoms with van der Waals surface area (Å²) in [6.45, 7) is 11.3. The molecule has 24 heavy (non-hydrogen) atoms. The van der Waals surface area contributed by atoms with Gasteiger partial charge in [0, 0.05) is 16.5 Å². The standard InChI is InChI=1S/C18H26N4S.HI/c1-12(2)13-7-6-8-14(9-13)21-17(19)20-10-16-22-15(11-23-16)18(3,4)5;/h6-9,11-12H,10H2,1-5H3,(H3,19,20,21);1H. The first kappa shape index (κ1) is 20.9. The first-order valence-electron chi connectivity index (χ1n) is 7.87. The Kier molecular flexibility index (Phi) is 7.66. The third-order valence-electron chi connectivity index (χ3n) is 3.53. The maximum atomic E-state index is 5.99. The molecule has 1 heterocycles. The van der Waals surface area contributed by atoms with E-state index in [-0.39, 0.29) is 29.4 Å². The van der Waals surface area contributed by atoms with E-state index in [1.54, 1.807) is 11.3 Å². The molecule has 0 aliphatic rings. The predicted molar refractivity (Wildman–Crippen MR) is 116 cm³/mol. The van der Waals surface area contributed by atoms with E-state index < -0.39 is 0 Å². The summed E-state index contributed by atoms with van der Waals surface area (Å²) in [6.07, 6.45) is 0. The van der Waals surface area contributed by atoms with Crippen molar-refractivity contribution in [3.05, 3.63) is 45.9 Å². The van der Waals surface area contributed by atoms with E-state index in [2.05, 4.69) is 67.4 Å². The molecule has 0 amide bonds. The SMILES string of the molecule is CC(C)c1cccc(NC(N)=NCc2nc(C(C)(C)C)cs2)c1.I. The van der Waals surface area contributed by atoms with Gasteiger partial charge in [0.05, 0.1) is 12.2 Å². The topological polar surface area (TPSA) is 63.3 Å². The van der Waals surface area contributed by atoms with Gasteiger partial charge >= 0.3 is 0 Å². The van der Waals surface area contributed by atoms with Crippen molar-refractivity contribution in [1.82, 2.24) is 4.98 Å². The Balaban J connectivity index is 0.00000288. The number of aliphatic imine (C=N–C) groups is 1. The zero-order valence-electron chi connectivity index (χ0n) is 15.0. The van der Waals surface area contributed by atoms with Gasteiger partial charge in [0.25, 0.3) is 0 Å². The second kappa shape index (κ2) is 8.80. The Bertz CT molecular complexity index is 686. The minimum Gasteiger partial charge on any atom is -0.370 e. The number of rotatable bonds is 4. The van der Waals surface area contributed by atoms with Crippen molar-refractivity contribution in [3.63, 3.8) is 0 Å². The summed E-state index contributed by atoms with van der Waals surface area (Å²) in [7, 11) is 0. The van der Waals surface area contributed by atoms with Crippen LogP contribution in [0.15, 0.2) is 34.6 Å². The fourth-order valence-electron chi connectivity index (χ4n) is 2.04. The first-order chi connectivity index (χ1) is 10.8. The van der Waals surface area contributed by atoms with E-state index >= 15 is 0 Å². The Labute approximate surface area is 166 Å². The second-order valence-electron chi connectivity index (χ2n) is 6.98. The average Bonchev–Trinajstić information content (AvgIpc) is 2.94. The molecule has 2 rings (SSSR count). The summed E-state index contributed by atoms with van der Waals surface area (Å²) in [4.78, 5) is 9.02. The number of benzene rings is 1. The molecule has 132 valence electrons. The Morgan fingerprint density at radius 2 is 2.04 bits per heavy atom. The number of guanidine groups is 1.